The van der Waals surface area contributed by atoms with Gasteiger partial charge in [0.1, 0.15) is 11.1 Å². The van der Waals surface area contributed by atoms with Crippen LogP contribution in [0.5, 0.6) is 0 Å². The van der Waals surface area contributed by atoms with Crippen molar-refractivity contribution in [2.24, 2.45) is 0 Å². The van der Waals surface area contributed by atoms with Gasteiger partial charge in [-0.2, -0.15) is 0 Å². The van der Waals surface area contributed by atoms with Crippen molar-refractivity contribution in [2.45, 2.75) is 6.04 Å². The van der Waals surface area contributed by atoms with E-state index in [1.54, 1.807) is 29.5 Å². The van der Waals surface area contributed by atoms with Crippen LogP contribution in [-0.2, 0) is 0 Å². The molecule has 6 heteroatoms. The lowest BCUT2D eigenvalue weighted by molar-refractivity contribution is 0.0939. The minimum absolute atomic E-state index is 0.0254. The number of carbonyl (C=O) groups excluding carboxylic acids is 1. The first-order valence-electron chi connectivity index (χ1n) is 7.57. The molecule has 0 aliphatic heterocycles. The van der Waals surface area contributed by atoms with Crippen LogP contribution in [0.4, 0.5) is 0 Å². The molecule has 2 heterocycles. The van der Waals surface area contributed by atoms with E-state index in [9.17, 15) is 9.59 Å². The molecule has 1 N–H and O–H groups in total. The molecule has 5 nitrogen and oxygen atoms in total. The summed E-state index contributed by atoms with van der Waals surface area (Å²) in [5, 5.41) is 5.57. The zero-order chi connectivity index (χ0) is 17.1. The van der Waals surface area contributed by atoms with E-state index in [4.69, 9.17) is 4.42 Å². The predicted molar refractivity (Wildman–Crippen MR) is 95.6 cm³/mol. The highest BCUT2D eigenvalue weighted by atomic mass is 32.1. The number of nitrogens with zero attached hydrogens (tertiary/aromatic N) is 1. The molecule has 0 radical (unpaired) electrons. The lowest BCUT2D eigenvalue weighted by Gasteiger charge is -2.23. The average molecular weight is 342 g/mol. The number of hydrogen-bond acceptors (Lipinski definition) is 5. The number of likely N-dealkylation sites (N-methyl/N-ethyl adjacent to an activating group) is 1. The van der Waals surface area contributed by atoms with Crippen LogP contribution in [-0.4, -0.2) is 31.4 Å². The molecule has 1 atom stereocenters. The summed E-state index contributed by atoms with van der Waals surface area (Å²) in [4.78, 5) is 27.7. The molecule has 0 fully saturated rings. The van der Waals surface area contributed by atoms with E-state index >= 15 is 0 Å². The van der Waals surface area contributed by atoms with Gasteiger partial charge in [0.2, 0.25) is 0 Å². The van der Waals surface area contributed by atoms with Crippen molar-refractivity contribution < 1.29 is 9.21 Å². The van der Waals surface area contributed by atoms with E-state index in [-0.39, 0.29) is 11.6 Å². The number of thiophene rings is 1. The van der Waals surface area contributed by atoms with Crippen molar-refractivity contribution in [3.8, 4) is 0 Å². The van der Waals surface area contributed by atoms with Crippen molar-refractivity contribution in [3.63, 3.8) is 0 Å². The zero-order valence-corrected chi connectivity index (χ0v) is 14.3. The molecule has 0 bridgehead atoms. The fourth-order valence-corrected chi connectivity index (χ4v) is 3.45. The first-order valence-corrected chi connectivity index (χ1v) is 8.45. The third-order valence-electron chi connectivity index (χ3n) is 3.84. The normalized spacial score (nSPS) is 12.5. The second-order valence-corrected chi connectivity index (χ2v) is 6.67. The van der Waals surface area contributed by atoms with Gasteiger partial charge in [-0.15, -0.1) is 11.3 Å². The van der Waals surface area contributed by atoms with Gasteiger partial charge >= 0.3 is 5.63 Å². The first kappa shape index (κ1) is 16.4. The molecule has 1 aromatic carbocycles. The predicted octanol–water partition coefficient (Wildman–Crippen LogP) is 2.89. The van der Waals surface area contributed by atoms with Gasteiger partial charge in [-0.25, -0.2) is 4.79 Å². The molecule has 124 valence electrons. The van der Waals surface area contributed by atoms with E-state index in [1.165, 1.54) is 0 Å². The van der Waals surface area contributed by atoms with Gasteiger partial charge in [-0.3, -0.25) is 4.79 Å². The maximum absolute atomic E-state index is 12.4. The monoisotopic (exact) mass is 342 g/mol. The van der Waals surface area contributed by atoms with Crippen LogP contribution in [0.1, 0.15) is 21.3 Å². The Morgan fingerprint density at radius 2 is 2.04 bits per heavy atom. The quantitative estimate of drug-likeness (QED) is 0.724. The van der Waals surface area contributed by atoms with Crippen LogP contribution < -0.4 is 10.9 Å². The average Bonchev–Trinajstić information content (AvgIpc) is 3.08. The summed E-state index contributed by atoms with van der Waals surface area (Å²) >= 11 is 1.64. The molecule has 24 heavy (non-hydrogen) atoms. The molecular formula is C18H18N2O3S. The summed E-state index contributed by atoms with van der Waals surface area (Å²) in [6.45, 7) is 0.415. The second kappa shape index (κ2) is 6.98. The molecule has 3 aromatic rings. The van der Waals surface area contributed by atoms with E-state index in [0.717, 1.165) is 10.3 Å². The molecule has 1 unspecified atom stereocenters. The Balaban J connectivity index is 1.80. The van der Waals surface area contributed by atoms with Crippen LogP contribution in [0, 0.1) is 0 Å². The van der Waals surface area contributed by atoms with E-state index in [0.29, 0.717) is 12.1 Å². The summed E-state index contributed by atoms with van der Waals surface area (Å²) in [7, 11) is 3.92. The van der Waals surface area contributed by atoms with Gasteiger partial charge in [0.15, 0.2) is 0 Å². The van der Waals surface area contributed by atoms with Gasteiger partial charge in [0.25, 0.3) is 5.91 Å². The van der Waals surface area contributed by atoms with Crippen LogP contribution >= 0.6 is 11.3 Å². The zero-order valence-electron chi connectivity index (χ0n) is 13.5. The molecule has 0 saturated carbocycles. The van der Waals surface area contributed by atoms with Crippen molar-refractivity contribution in [3.05, 3.63) is 68.7 Å². The Morgan fingerprint density at radius 3 is 2.75 bits per heavy atom. The van der Waals surface area contributed by atoms with Crippen LogP contribution in [0.15, 0.2) is 57.1 Å². The molecule has 0 spiro atoms. The van der Waals surface area contributed by atoms with Gasteiger partial charge in [0.05, 0.1) is 6.04 Å². The van der Waals surface area contributed by atoms with Gasteiger partial charge < -0.3 is 14.6 Å². The smallest absolute Gasteiger partial charge is 0.349 e. The first-order chi connectivity index (χ1) is 11.6. The number of benzene rings is 1. The molecule has 0 aliphatic rings. The largest absolute Gasteiger partial charge is 0.422 e. The highest BCUT2D eigenvalue weighted by Crippen LogP contribution is 2.22. The third-order valence-corrected chi connectivity index (χ3v) is 4.81. The summed E-state index contributed by atoms with van der Waals surface area (Å²) in [6, 6.07) is 12.8. The lowest BCUT2D eigenvalue weighted by atomic mass is 10.1. The maximum Gasteiger partial charge on any atom is 0.349 e. The van der Waals surface area contributed by atoms with E-state index in [2.05, 4.69) is 5.32 Å². The van der Waals surface area contributed by atoms with E-state index < -0.39 is 11.5 Å². The Kier molecular flexibility index (Phi) is 4.78. The number of amides is 1. The van der Waals surface area contributed by atoms with Crippen molar-refractivity contribution in [2.75, 3.05) is 20.6 Å². The number of para-hydroxylation sites is 1. The molecular weight excluding hydrogens is 324 g/mol. The minimum atomic E-state index is -0.622. The fourth-order valence-electron chi connectivity index (χ4n) is 2.52. The standard InChI is InChI=1S/C18H18N2O3S/c1-20(2)14(16-8-5-9-24-16)11-19-17(21)13-10-12-6-3-4-7-15(12)23-18(13)22/h3-10,14H,11H2,1-2H3,(H,19,21). The minimum Gasteiger partial charge on any atom is -0.422 e. The number of fused-ring (bicyclic) bond motifs is 1. The fraction of sp³-hybridized carbons (Fsp3) is 0.222. The molecule has 1 amide bonds. The van der Waals surface area contributed by atoms with Gasteiger partial charge in [-0.1, -0.05) is 24.3 Å². The van der Waals surface area contributed by atoms with Gasteiger partial charge in [0, 0.05) is 16.8 Å². The Morgan fingerprint density at radius 1 is 1.25 bits per heavy atom. The molecule has 0 aliphatic carbocycles. The maximum atomic E-state index is 12.4. The second-order valence-electron chi connectivity index (χ2n) is 5.69. The van der Waals surface area contributed by atoms with Crippen LogP contribution in [0.3, 0.4) is 0 Å². The number of nitrogens with one attached hydrogen (secondary N) is 1. The van der Waals surface area contributed by atoms with Crippen LogP contribution in [0.25, 0.3) is 11.0 Å². The lowest BCUT2D eigenvalue weighted by Crippen LogP contribution is -2.36. The summed E-state index contributed by atoms with van der Waals surface area (Å²) < 4.78 is 5.22. The summed E-state index contributed by atoms with van der Waals surface area (Å²) in [6.07, 6.45) is 0. The Hall–Kier alpha value is -2.44. The number of rotatable bonds is 5. The highest BCUT2D eigenvalue weighted by Gasteiger charge is 2.19. The SMILES string of the molecule is CN(C)C(CNC(=O)c1cc2ccccc2oc1=O)c1cccs1. The molecule has 2 aromatic heterocycles. The van der Waals surface area contributed by atoms with Crippen molar-refractivity contribution in [1.29, 1.82) is 0 Å². The highest BCUT2D eigenvalue weighted by molar-refractivity contribution is 7.10. The summed E-state index contributed by atoms with van der Waals surface area (Å²) in [5.74, 6) is -0.419. The third kappa shape index (κ3) is 3.39. The number of carbonyl (C=O) groups is 1. The van der Waals surface area contributed by atoms with Gasteiger partial charge in [-0.05, 0) is 37.7 Å². The van der Waals surface area contributed by atoms with Crippen LogP contribution in [0.2, 0.25) is 0 Å². The van der Waals surface area contributed by atoms with Crippen molar-refractivity contribution >= 4 is 28.2 Å². The summed E-state index contributed by atoms with van der Waals surface area (Å²) in [5.41, 5.74) is -0.120. The Bertz CT molecular complexity index is 900. The van der Waals surface area contributed by atoms with Crippen molar-refractivity contribution in [1.82, 2.24) is 10.2 Å². The Labute approximate surface area is 143 Å². The molecule has 3 rings (SSSR count). The van der Waals surface area contributed by atoms with E-state index in [1.807, 2.05) is 48.6 Å². The topological polar surface area (TPSA) is 62.6 Å². The number of hydrogen-bond donors (Lipinski definition) is 1. The molecule has 0 saturated heterocycles.